The third-order valence-corrected chi connectivity index (χ3v) is 4.55. The Kier molecular flexibility index (Phi) is 6.87. The van der Waals surface area contributed by atoms with Crippen LogP contribution < -0.4 is 10.6 Å². The van der Waals surface area contributed by atoms with Gasteiger partial charge in [-0.2, -0.15) is 0 Å². The Morgan fingerprint density at radius 1 is 1.07 bits per heavy atom. The number of halogens is 2. The first-order valence-electron chi connectivity index (χ1n) is 8.37. The summed E-state index contributed by atoms with van der Waals surface area (Å²) in [4.78, 5) is 12.0. The van der Waals surface area contributed by atoms with E-state index < -0.39 is 0 Å². The predicted molar refractivity (Wildman–Crippen MR) is 117 cm³/mol. The maximum absolute atomic E-state index is 12.0. The summed E-state index contributed by atoms with van der Waals surface area (Å²) in [5, 5.41) is 6.87. The summed E-state index contributed by atoms with van der Waals surface area (Å²) >= 11 is 17.2. The standard InChI is InChI=1S/C21H16Cl2N2O2S/c22-15-6-9-17(18(23)12-15)19-10-7-16(27-19)8-11-20(26)25-21(28)24-13-14-4-2-1-3-5-14/h1-12H,13H2,(H2,24,25,26,28)/b11-8+. The van der Waals surface area contributed by atoms with Crippen molar-refractivity contribution in [2.24, 2.45) is 0 Å². The molecule has 1 aromatic heterocycles. The number of rotatable bonds is 5. The van der Waals surface area contributed by atoms with Crippen LogP contribution in [-0.2, 0) is 11.3 Å². The van der Waals surface area contributed by atoms with Crippen LogP contribution in [0.1, 0.15) is 11.3 Å². The summed E-state index contributed by atoms with van der Waals surface area (Å²) < 4.78 is 5.71. The fourth-order valence-electron chi connectivity index (χ4n) is 2.41. The second kappa shape index (κ2) is 9.55. The van der Waals surface area contributed by atoms with E-state index in [1.807, 2.05) is 30.3 Å². The Morgan fingerprint density at radius 2 is 1.86 bits per heavy atom. The van der Waals surface area contributed by atoms with Crippen LogP contribution in [0.2, 0.25) is 10.0 Å². The van der Waals surface area contributed by atoms with E-state index in [0.29, 0.717) is 28.1 Å². The average molecular weight is 431 g/mol. The number of furan rings is 1. The van der Waals surface area contributed by atoms with Crippen molar-refractivity contribution >= 4 is 52.5 Å². The summed E-state index contributed by atoms with van der Waals surface area (Å²) in [6.07, 6.45) is 2.91. The fourth-order valence-corrected chi connectivity index (χ4v) is 3.08. The molecule has 1 heterocycles. The predicted octanol–water partition coefficient (Wildman–Crippen LogP) is 5.46. The zero-order chi connectivity index (χ0) is 19.9. The van der Waals surface area contributed by atoms with E-state index in [1.165, 1.54) is 6.08 Å². The van der Waals surface area contributed by atoms with Gasteiger partial charge in [-0.05, 0) is 54.2 Å². The van der Waals surface area contributed by atoms with Crippen molar-refractivity contribution in [3.05, 3.63) is 88.1 Å². The lowest BCUT2D eigenvalue weighted by atomic mass is 10.2. The minimum Gasteiger partial charge on any atom is -0.457 e. The Bertz CT molecular complexity index is 1020. The van der Waals surface area contributed by atoms with Gasteiger partial charge in [-0.25, -0.2) is 0 Å². The highest BCUT2D eigenvalue weighted by Crippen LogP contribution is 2.31. The zero-order valence-corrected chi connectivity index (χ0v) is 16.9. The number of hydrogen-bond acceptors (Lipinski definition) is 3. The molecular weight excluding hydrogens is 415 g/mol. The molecule has 3 rings (SSSR count). The van der Waals surface area contributed by atoms with Gasteiger partial charge in [0, 0.05) is 23.2 Å². The van der Waals surface area contributed by atoms with Gasteiger partial charge in [0.15, 0.2) is 5.11 Å². The molecule has 0 atom stereocenters. The monoisotopic (exact) mass is 430 g/mol. The second-order valence-corrected chi connectivity index (χ2v) is 7.07. The SMILES string of the molecule is O=C(/C=C/c1ccc(-c2ccc(Cl)cc2Cl)o1)NC(=S)NCc1ccccc1. The van der Waals surface area contributed by atoms with Gasteiger partial charge in [-0.3, -0.25) is 10.1 Å². The molecule has 4 nitrogen and oxygen atoms in total. The number of hydrogen-bond donors (Lipinski definition) is 2. The van der Waals surface area contributed by atoms with E-state index in [2.05, 4.69) is 10.6 Å². The van der Waals surface area contributed by atoms with E-state index >= 15 is 0 Å². The van der Waals surface area contributed by atoms with Gasteiger partial charge < -0.3 is 9.73 Å². The first-order valence-corrected chi connectivity index (χ1v) is 9.54. The van der Waals surface area contributed by atoms with Gasteiger partial charge in [0.25, 0.3) is 0 Å². The van der Waals surface area contributed by atoms with Gasteiger partial charge in [0.2, 0.25) is 5.91 Å². The first kappa shape index (κ1) is 20.1. The minimum atomic E-state index is -0.354. The van der Waals surface area contributed by atoms with E-state index in [9.17, 15) is 4.79 Å². The molecule has 1 amide bonds. The molecular formula is C21H16Cl2N2O2S. The van der Waals surface area contributed by atoms with Crippen LogP contribution in [-0.4, -0.2) is 11.0 Å². The summed E-state index contributed by atoms with van der Waals surface area (Å²) in [7, 11) is 0. The van der Waals surface area contributed by atoms with E-state index in [0.717, 1.165) is 11.1 Å². The van der Waals surface area contributed by atoms with Crippen molar-refractivity contribution < 1.29 is 9.21 Å². The first-order chi connectivity index (χ1) is 13.5. The molecule has 0 fully saturated rings. The lowest BCUT2D eigenvalue weighted by molar-refractivity contribution is -0.115. The molecule has 0 aliphatic heterocycles. The molecule has 2 N–H and O–H groups in total. The molecule has 7 heteroatoms. The lowest BCUT2D eigenvalue weighted by Crippen LogP contribution is -2.37. The highest BCUT2D eigenvalue weighted by atomic mass is 35.5. The molecule has 0 unspecified atom stereocenters. The van der Waals surface area contributed by atoms with Crippen LogP contribution in [0.25, 0.3) is 17.4 Å². The maximum Gasteiger partial charge on any atom is 0.250 e. The third kappa shape index (κ3) is 5.70. The van der Waals surface area contributed by atoms with Crippen molar-refractivity contribution in [1.82, 2.24) is 10.6 Å². The molecule has 0 spiro atoms. The topological polar surface area (TPSA) is 54.3 Å². The summed E-state index contributed by atoms with van der Waals surface area (Å²) in [5.74, 6) is 0.745. The fraction of sp³-hybridized carbons (Fsp3) is 0.0476. The third-order valence-electron chi connectivity index (χ3n) is 3.75. The number of nitrogens with one attached hydrogen (secondary N) is 2. The molecule has 0 saturated carbocycles. The molecule has 28 heavy (non-hydrogen) atoms. The van der Waals surface area contributed by atoms with Crippen LogP contribution >= 0.6 is 35.4 Å². The van der Waals surface area contributed by atoms with Crippen LogP contribution in [0, 0.1) is 0 Å². The number of amides is 1. The number of thiocarbonyl (C=S) groups is 1. The Morgan fingerprint density at radius 3 is 2.61 bits per heavy atom. The van der Waals surface area contributed by atoms with Crippen LogP contribution in [0.15, 0.2) is 71.2 Å². The zero-order valence-electron chi connectivity index (χ0n) is 14.6. The molecule has 0 aliphatic rings. The van der Waals surface area contributed by atoms with Gasteiger partial charge in [-0.1, -0.05) is 53.5 Å². The van der Waals surface area contributed by atoms with Crippen molar-refractivity contribution in [3.63, 3.8) is 0 Å². The number of carbonyl (C=O) groups excluding carboxylic acids is 1. The summed E-state index contributed by atoms with van der Waals surface area (Å²) in [6, 6.07) is 18.4. The van der Waals surface area contributed by atoms with Crippen molar-refractivity contribution in [3.8, 4) is 11.3 Å². The number of carbonyl (C=O) groups is 1. The maximum atomic E-state index is 12.0. The molecule has 0 saturated heterocycles. The Labute approximate surface area is 178 Å². The highest BCUT2D eigenvalue weighted by molar-refractivity contribution is 7.80. The molecule has 0 bridgehead atoms. The van der Waals surface area contributed by atoms with E-state index in [-0.39, 0.29) is 11.0 Å². The number of benzene rings is 2. The molecule has 0 aliphatic carbocycles. The van der Waals surface area contributed by atoms with Gasteiger partial charge in [-0.15, -0.1) is 0 Å². The quantitative estimate of drug-likeness (QED) is 0.416. The van der Waals surface area contributed by atoms with Gasteiger partial charge in [0.05, 0.1) is 5.02 Å². The second-order valence-electron chi connectivity index (χ2n) is 5.82. The van der Waals surface area contributed by atoms with Crippen molar-refractivity contribution in [2.45, 2.75) is 6.54 Å². The largest absolute Gasteiger partial charge is 0.457 e. The van der Waals surface area contributed by atoms with E-state index in [4.69, 9.17) is 39.8 Å². The van der Waals surface area contributed by atoms with Crippen molar-refractivity contribution in [1.29, 1.82) is 0 Å². The van der Waals surface area contributed by atoms with E-state index in [1.54, 1.807) is 36.4 Å². The minimum absolute atomic E-state index is 0.256. The molecule has 3 aromatic rings. The van der Waals surface area contributed by atoms with Crippen molar-refractivity contribution in [2.75, 3.05) is 0 Å². The lowest BCUT2D eigenvalue weighted by Gasteiger charge is -2.07. The Hall–Kier alpha value is -2.60. The smallest absolute Gasteiger partial charge is 0.250 e. The molecule has 0 radical (unpaired) electrons. The van der Waals surface area contributed by atoms with Crippen LogP contribution in [0.5, 0.6) is 0 Å². The average Bonchev–Trinajstić information content (AvgIpc) is 3.14. The molecule has 2 aromatic carbocycles. The van der Waals surface area contributed by atoms with Gasteiger partial charge in [0.1, 0.15) is 11.5 Å². The molecule has 142 valence electrons. The summed E-state index contributed by atoms with van der Waals surface area (Å²) in [5.41, 5.74) is 1.79. The van der Waals surface area contributed by atoms with Crippen LogP contribution in [0.4, 0.5) is 0 Å². The Balaban J connectivity index is 1.54. The van der Waals surface area contributed by atoms with Crippen LogP contribution in [0.3, 0.4) is 0 Å². The summed E-state index contributed by atoms with van der Waals surface area (Å²) in [6.45, 7) is 0.535. The normalized spacial score (nSPS) is 10.8. The highest BCUT2D eigenvalue weighted by Gasteiger charge is 2.08. The van der Waals surface area contributed by atoms with Gasteiger partial charge >= 0.3 is 0 Å².